The van der Waals surface area contributed by atoms with Gasteiger partial charge in [-0.15, -0.1) is 0 Å². The highest BCUT2D eigenvalue weighted by atomic mass is 16.4. The van der Waals surface area contributed by atoms with Crippen molar-refractivity contribution in [1.82, 2.24) is 0 Å². The first-order valence-corrected chi connectivity index (χ1v) is 4.30. The fraction of sp³-hybridized carbons (Fsp3) is 0.273. The molecule has 3 nitrogen and oxygen atoms in total. The van der Waals surface area contributed by atoms with E-state index in [4.69, 9.17) is 4.42 Å². The van der Waals surface area contributed by atoms with Crippen molar-refractivity contribution in [2.45, 2.75) is 20.8 Å². The van der Waals surface area contributed by atoms with E-state index >= 15 is 0 Å². The Bertz CT molecular complexity index is 438. The fourth-order valence-corrected chi connectivity index (χ4v) is 1.07. The molecule has 0 aliphatic carbocycles. The lowest BCUT2D eigenvalue weighted by atomic mass is 10.1. The van der Waals surface area contributed by atoms with E-state index < -0.39 is 0 Å². The molecule has 0 aliphatic rings. The number of ketones is 1. The Morgan fingerprint density at radius 2 is 2.00 bits per heavy atom. The molecular formula is C11H12O3. The number of hydrogen-bond donors (Lipinski definition) is 0. The van der Waals surface area contributed by atoms with Gasteiger partial charge in [-0.2, -0.15) is 0 Å². The molecule has 0 spiro atoms. The average Bonchev–Trinajstić information content (AvgIpc) is 2.08. The van der Waals surface area contributed by atoms with Gasteiger partial charge in [0.1, 0.15) is 5.76 Å². The number of carbonyl (C=O) groups is 1. The van der Waals surface area contributed by atoms with Gasteiger partial charge in [0.15, 0.2) is 5.78 Å². The molecule has 1 aromatic heterocycles. The number of carbonyl (C=O) groups excluding carboxylic acids is 1. The highest BCUT2D eigenvalue weighted by Crippen LogP contribution is 2.11. The van der Waals surface area contributed by atoms with Crippen LogP contribution >= 0.6 is 0 Å². The normalized spacial score (nSPS) is 11.5. The first-order chi connectivity index (χ1) is 6.50. The Hall–Kier alpha value is -1.64. The zero-order valence-corrected chi connectivity index (χ0v) is 8.46. The van der Waals surface area contributed by atoms with Gasteiger partial charge in [0.2, 0.25) is 0 Å². The summed E-state index contributed by atoms with van der Waals surface area (Å²) in [6, 6.07) is 3.37. The lowest BCUT2D eigenvalue weighted by Crippen LogP contribution is -2.03. The molecule has 0 unspecified atom stereocenters. The van der Waals surface area contributed by atoms with E-state index in [1.54, 1.807) is 26.0 Å². The highest BCUT2D eigenvalue weighted by molar-refractivity contribution is 5.94. The molecule has 0 amide bonds. The highest BCUT2D eigenvalue weighted by Gasteiger charge is 2.02. The Kier molecular flexibility index (Phi) is 3.02. The maximum Gasteiger partial charge on any atom is 0.339 e. The van der Waals surface area contributed by atoms with Crippen LogP contribution in [0.2, 0.25) is 0 Å². The van der Waals surface area contributed by atoms with Gasteiger partial charge in [-0.3, -0.25) is 4.79 Å². The van der Waals surface area contributed by atoms with E-state index in [9.17, 15) is 9.59 Å². The summed E-state index contributed by atoms with van der Waals surface area (Å²) >= 11 is 0. The molecule has 14 heavy (non-hydrogen) atoms. The van der Waals surface area contributed by atoms with Gasteiger partial charge in [0.05, 0.1) is 0 Å². The Morgan fingerprint density at radius 3 is 2.50 bits per heavy atom. The van der Waals surface area contributed by atoms with Gasteiger partial charge in [0.25, 0.3) is 0 Å². The molecular weight excluding hydrogens is 180 g/mol. The van der Waals surface area contributed by atoms with Crippen LogP contribution in [0, 0.1) is 6.92 Å². The van der Waals surface area contributed by atoms with Crippen molar-refractivity contribution in [2.24, 2.45) is 0 Å². The standard InChI is InChI=1S/C11H12O3/c1-7-4-5-10(14-11(7)13)8(2)6-9(3)12/h4-6H,1-3H3/b8-6+. The summed E-state index contributed by atoms with van der Waals surface area (Å²) < 4.78 is 4.99. The number of allylic oxidation sites excluding steroid dienone is 2. The molecule has 3 heteroatoms. The van der Waals surface area contributed by atoms with Crippen molar-refractivity contribution in [1.29, 1.82) is 0 Å². The van der Waals surface area contributed by atoms with Crippen molar-refractivity contribution >= 4 is 11.4 Å². The van der Waals surface area contributed by atoms with Crippen molar-refractivity contribution in [3.63, 3.8) is 0 Å². The smallest absolute Gasteiger partial charge is 0.339 e. The summed E-state index contributed by atoms with van der Waals surface area (Å²) in [5.74, 6) is 0.376. The first kappa shape index (κ1) is 10.4. The third-order valence-corrected chi connectivity index (χ3v) is 1.82. The van der Waals surface area contributed by atoms with Gasteiger partial charge < -0.3 is 4.42 Å². The van der Waals surface area contributed by atoms with Crippen LogP contribution in [0.3, 0.4) is 0 Å². The molecule has 0 aromatic carbocycles. The van der Waals surface area contributed by atoms with Crippen LogP contribution in [0.5, 0.6) is 0 Å². The number of aryl methyl sites for hydroxylation is 1. The monoisotopic (exact) mass is 192 g/mol. The predicted octanol–water partition coefficient (Wildman–Crippen LogP) is 1.94. The maximum atomic E-state index is 11.2. The van der Waals surface area contributed by atoms with E-state index in [0.29, 0.717) is 16.9 Å². The third-order valence-electron chi connectivity index (χ3n) is 1.82. The summed E-state index contributed by atoms with van der Waals surface area (Å²) in [5.41, 5.74) is 0.859. The average molecular weight is 192 g/mol. The summed E-state index contributed by atoms with van der Waals surface area (Å²) in [6.45, 7) is 4.87. The van der Waals surface area contributed by atoms with E-state index in [2.05, 4.69) is 0 Å². The molecule has 74 valence electrons. The molecule has 1 heterocycles. The molecule has 0 radical (unpaired) electrons. The zero-order valence-electron chi connectivity index (χ0n) is 8.46. The predicted molar refractivity (Wildman–Crippen MR) is 54.0 cm³/mol. The molecule has 1 rings (SSSR count). The van der Waals surface area contributed by atoms with Gasteiger partial charge in [-0.05, 0) is 44.6 Å². The second-order valence-electron chi connectivity index (χ2n) is 3.21. The van der Waals surface area contributed by atoms with Crippen LogP contribution in [0.4, 0.5) is 0 Å². The van der Waals surface area contributed by atoms with Crippen molar-refractivity contribution in [3.05, 3.63) is 40.0 Å². The molecule has 0 N–H and O–H groups in total. The van der Waals surface area contributed by atoms with Crippen LogP contribution in [0.25, 0.3) is 5.57 Å². The van der Waals surface area contributed by atoms with Crippen LogP contribution in [-0.2, 0) is 4.79 Å². The number of rotatable bonds is 2. The quantitative estimate of drug-likeness (QED) is 0.673. The largest absolute Gasteiger partial charge is 0.423 e. The van der Waals surface area contributed by atoms with Crippen LogP contribution in [-0.4, -0.2) is 5.78 Å². The summed E-state index contributed by atoms with van der Waals surface area (Å²) in [5, 5.41) is 0. The minimum Gasteiger partial charge on any atom is -0.423 e. The van der Waals surface area contributed by atoms with Gasteiger partial charge in [-0.25, -0.2) is 4.79 Å². The van der Waals surface area contributed by atoms with Crippen LogP contribution in [0.1, 0.15) is 25.2 Å². The van der Waals surface area contributed by atoms with Gasteiger partial charge in [0, 0.05) is 5.56 Å². The molecule has 0 aliphatic heterocycles. The Labute approximate surface area is 82.1 Å². The summed E-state index contributed by atoms with van der Waals surface area (Å²) in [4.78, 5) is 21.9. The second-order valence-corrected chi connectivity index (χ2v) is 3.21. The van der Waals surface area contributed by atoms with Crippen LogP contribution < -0.4 is 5.63 Å². The summed E-state index contributed by atoms with van der Waals surface area (Å²) in [7, 11) is 0. The molecule has 0 saturated heterocycles. The van der Waals surface area contributed by atoms with E-state index in [-0.39, 0.29) is 11.4 Å². The van der Waals surface area contributed by atoms with Crippen molar-refractivity contribution < 1.29 is 9.21 Å². The third kappa shape index (κ3) is 2.42. The van der Waals surface area contributed by atoms with E-state index in [1.807, 2.05) is 0 Å². The molecule has 0 saturated carbocycles. The fourth-order valence-electron chi connectivity index (χ4n) is 1.07. The lowest BCUT2D eigenvalue weighted by molar-refractivity contribution is -0.112. The number of hydrogen-bond acceptors (Lipinski definition) is 3. The molecule has 1 aromatic rings. The summed E-state index contributed by atoms with van der Waals surface area (Å²) in [6.07, 6.45) is 1.44. The Morgan fingerprint density at radius 1 is 1.36 bits per heavy atom. The SMILES string of the molecule is CC(=O)/C=C(\C)c1ccc(C)c(=O)o1. The van der Waals surface area contributed by atoms with Crippen molar-refractivity contribution in [2.75, 3.05) is 0 Å². The van der Waals surface area contributed by atoms with E-state index in [1.165, 1.54) is 13.0 Å². The van der Waals surface area contributed by atoms with E-state index in [0.717, 1.165) is 0 Å². The van der Waals surface area contributed by atoms with Gasteiger partial charge >= 0.3 is 5.63 Å². The molecule has 0 fully saturated rings. The van der Waals surface area contributed by atoms with Crippen molar-refractivity contribution in [3.8, 4) is 0 Å². The molecule has 0 bridgehead atoms. The van der Waals surface area contributed by atoms with Crippen LogP contribution in [0.15, 0.2) is 27.4 Å². The lowest BCUT2D eigenvalue weighted by Gasteiger charge is -1.98. The topological polar surface area (TPSA) is 47.3 Å². The Balaban J connectivity index is 3.15. The zero-order chi connectivity index (χ0) is 10.7. The minimum atomic E-state index is -0.362. The molecule has 0 atom stereocenters. The minimum absolute atomic E-state index is 0.0641. The first-order valence-electron chi connectivity index (χ1n) is 4.30. The maximum absolute atomic E-state index is 11.2. The van der Waals surface area contributed by atoms with Gasteiger partial charge in [-0.1, -0.05) is 0 Å². The second kappa shape index (κ2) is 4.05.